The Balaban J connectivity index is 1.65. The number of fused-ring (bicyclic) bond motifs is 1. The summed E-state index contributed by atoms with van der Waals surface area (Å²) in [5, 5.41) is 4.82. The summed E-state index contributed by atoms with van der Waals surface area (Å²) < 4.78 is 5.28. The number of aryl methyl sites for hydroxylation is 1. The summed E-state index contributed by atoms with van der Waals surface area (Å²) in [6.07, 6.45) is 0. The molecule has 3 rings (SSSR count). The van der Waals surface area contributed by atoms with E-state index < -0.39 is 0 Å². The lowest BCUT2D eigenvalue weighted by molar-refractivity contribution is -0.113. The molecule has 0 saturated carbocycles. The number of pyridine rings is 1. The average molecular weight is 338 g/mol. The molecule has 0 spiro atoms. The van der Waals surface area contributed by atoms with E-state index in [4.69, 9.17) is 4.74 Å². The third-order valence-electron chi connectivity index (χ3n) is 3.55. The maximum absolute atomic E-state index is 12.2. The largest absolute Gasteiger partial charge is 0.495 e. The summed E-state index contributed by atoms with van der Waals surface area (Å²) >= 11 is 1.42. The molecule has 3 aromatic rings. The molecule has 122 valence electrons. The fourth-order valence-corrected chi connectivity index (χ4v) is 3.05. The second-order valence-electron chi connectivity index (χ2n) is 5.38. The summed E-state index contributed by atoms with van der Waals surface area (Å²) in [6, 6.07) is 17.6. The molecule has 0 radical (unpaired) electrons. The van der Waals surface area contributed by atoms with E-state index in [1.54, 1.807) is 7.11 Å². The van der Waals surface area contributed by atoms with Gasteiger partial charge in [0.25, 0.3) is 0 Å². The number of anilines is 1. The Morgan fingerprint density at radius 2 is 2.00 bits per heavy atom. The van der Waals surface area contributed by atoms with Crippen molar-refractivity contribution in [1.29, 1.82) is 0 Å². The van der Waals surface area contributed by atoms with Crippen LogP contribution >= 0.6 is 11.8 Å². The highest BCUT2D eigenvalue weighted by molar-refractivity contribution is 7.99. The first kappa shape index (κ1) is 16.3. The van der Waals surface area contributed by atoms with Gasteiger partial charge in [-0.25, -0.2) is 4.98 Å². The van der Waals surface area contributed by atoms with Crippen LogP contribution in [0.1, 0.15) is 5.56 Å². The fraction of sp³-hybridized carbons (Fsp3) is 0.158. The first-order chi connectivity index (χ1) is 11.7. The van der Waals surface area contributed by atoms with E-state index in [0.29, 0.717) is 17.2 Å². The van der Waals surface area contributed by atoms with Gasteiger partial charge in [0, 0.05) is 5.39 Å². The number of benzene rings is 2. The van der Waals surface area contributed by atoms with Crippen LogP contribution in [-0.4, -0.2) is 23.8 Å². The first-order valence-electron chi connectivity index (χ1n) is 7.59. The van der Waals surface area contributed by atoms with Gasteiger partial charge in [-0.1, -0.05) is 42.1 Å². The Morgan fingerprint density at radius 3 is 2.83 bits per heavy atom. The van der Waals surface area contributed by atoms with E-state index in [1.165, 1.54) is 11.8 Å². The molecule has 0 fully saturated rings. The van der Waals surface area contributed by atoms with E-state index in [2.05, 4.69) is 10.3 Å². The standard InChI is InChI=1S/C19H18N2O2S/c1-13-7-9-17(23-2)16(11-13)20-18(22)12-24-19-10-8-14-5-3-4-6-15(14)21-19/h3-11H,12H2,1-2H3,(H,20,22). The fourth-order valence-electron chi connectivity index (χ4n) is 2.37. The molecule has 24 heavy (non-hydrogen) atoms. The molecule has 0 aliphatic carbocycles. The highest BCUT2D eigenvalue weighted by Crippen LogP contribution is 2.26. The Bertz CT molecular complexity index is 880. The number of carbonyl (C=O) groups is 1. The van der Waals surface area contributed by atoms with Crippen LogP contribution in [0.15, 0.2) is 59.6 Å². The molecule has 0 bridgehead atoms. The number of rotatable bonds is 5. The normalized spacial score (nSPS) is 10.6. The summed E-state index contributed by atoms with van der Waals surface area (Å²) in [7, 11) is 1.59. The predicted octanol–water partition coefficient (Wildman–Crippen LogP) is 4.28. The summed E-state index contributed by atoms with van der Waals surface area (Å²) in [4.78, 5) is 16.8. The van der Waals surface area contributed by atoms with Crippen molar-refractivity contribution in [1.82, 2.24) is 4.98 Å². The van der Waals surface area contributed by atoms with Crippen molar-refractivity contribution in [3.63, 3.8) is 0 Å². The van der Waals surface area contributed by atoms with Gasteiger partial charge in [0.2, 0.25) is 5.91 Å². The van der Waals surface area contributed by atoms with Crippen molar-refractivity contribution in [2.75, 3.05) is 18.2 Å². The van der Waals surface area contributed by atoms with Crippen LogP contribution in [0.25, 0.3) is 10.9 Å². The van der Waals surface area contributed by atoms with Crippen molar-refractivity contribution in [2.24, 2.45) is 0 Å². The number of nitrogens with zero attached hydrogens (tertiary/aromatic N) is 1. The topological polar surface area (TPSA) is 51.2 Å². The van der Waals surface area contributed by atoms with Crippen LogP contribution in [0, 0.1) is 6.92 Å². The van der Waals surface area contributed by atoms with E-state index in [-0.39, 0.29) is 5.91 Å². The quantitative estimate of drug-likeness (QED) is 0.705. The minimum atomic E-state index is -0.0844. The van der Waals surface area contributed by atoms with Gasteiger partial charge in [-0.05, 0) is 36.8 Å². The van der Waals surface area contributed by atoms with Gasteiger partial charge in [-0.15, -0.1) is 0 Å². The maximum atomic E-state index is 12.2. The van der Waals surface area contributed by atoms with E-state index in [1.807, 2.05) is 61.5 Å². The van der Waals surface area contributed by atoms with Crippen molar-refractivity contribution in [3.05, 3.63) is 60.2 Å². The molecule has 1 amide bonds. The van der Waals surface area contributed by atoms with Crippen molar-refractivity contribution in [2.45, 2.75) is 11.9 Å². The molecule has 1 N–H and O–H groups in total. The lowest BCUT2D eigenvalue weighted by Gasteiger charge is -2.11. The van der Waals surface area contributed by atoms with Gasteiger partial charge in [0.05, 0.1) is 29.1 Å². The monoisotopic (exact) mass is 338 g/mol. The molecule has 2 aromatic carbocycles. The SMILES string of the molecule is COc1ccc(C)cc1NC(=O)CSc1ccc2ccccc2n1. The van der Waals surface area contributed by atoms with Crippen LogP contribution < -0.4 is 10.1 Å². The molecular weight excluding hydrogens is 320 g/mol. The third-order valence-corrected chi connectivity index (χ3v) is 4.48. The van der Waals surface area contributed by atoms with Crippen molar-refractivity contribution < 1.29 is 9.53 Å². The van der Waals surface area contributed by atoms with E-state index in [9.17, 15) is 4.79 Å². The van der Waals surface area contributed by atoms with Crippen LogP contribution in [0.4, 0.5) is 5.69 Å². The Labute approximate surface area is 145 Å². The van der Waals surface area contributed by atoms with Crippen LogP contribution in [0.2, 0.25) is 0 Å². The van der Waals surface area contributed by atoms with E-state index >= 15 is 0 Å². The number of aromatic nitrogens is 1. The minimum Gasteiger partial charge on any atom is -0.495 e. The predicted molar refractivity (Wildman–Crippen MR) is 98.8 cm³/mol. The molecule has 0 saturated heterocycles. The van der Waals surface area contributed by atoms with Crippen LogP contribution in [0.3, 0.4) is 0 Å². The molecule has 0 aliphatic rings. The van der Waals surface area contributed by atoms with Gasteiger partial charge in [-0.3, -0.25) is 4.79 Å². The van der Waals surface area contributed by atoms with Crippen molar-refractivity contribution >= 4 is 34.3 Å². The van der Waals surface area contributed by atoms with Crippen LogP contribution in [0.5, 0.6) is 5.75 Å². The van der Waals surface area contributed by atoms with Gasteiger partial charge >= 0.3 is 0 Å². The number of hydrogen-bond donors (Lipinski definition) is 1. The lowest BCUT2D eigenvalue weighted by Crippen LogP contribution is -2.15. The zero-order valence-corrected chi connectivity index (χ0v) is 14.4. The van der Waals surface area contributed by atoms with Gasteiger partial charge < -0.3 is 10.1 Å². The Hall–Kier alpha value is -2.53. The molecule has 5 heteroatoms. The van der Waals surface area contributed by atoms with Gasteiger partial charge in [0.15, 0.2) is 0 Å². The number of para-hydroxylation sites is 1. The molecular formula is C19H18N2O2S. The van der Waals surface area contributed by atoms with Gasteiger partial charge in [0.1, 0.15) is 5.75 Å². The second kappa shape index (κ2) is 7.36. The summed E-state index contributed by atoms with van der Waals surface area (Å²) in [6.45, 7) is 1.98. The number of hydrogen-bond acceptors (Lipinski definition) is 4. The average Bonchev–Trinajstić information content (AvgIpc) is 2.60. The zero-order chi connectivity index (χ0) is 16.9. The number of carbonyl (C=O) groups excluding carboxylic acids is 1. The van der Waals surface area contributed by atoms with Crippen molar-refractivity contribution in [3.8, 4) is 5.75 Å². The number of amides is 1. The smallest absolute Gasteiger partial charge is 0.234 e. The molecule has 0 aliphatic heterocycles. The Kier molecular flexibility index (Phi) is 5.01. The number of thioether (sulfide) groups is 1. The second-order valence-corrected chi connectivity index (χ2v) is 6.38. The molecule has 0 atom stereocenters. The number of nitrogens with one attached hydrogen (secondary N) is 1. The first-order valence-corrected chi connectivity index (χ1v) is 8.57. The molecule has 1 aromatic heterocycles. The zero-order valence-electron chi connectivity index (χ0n) is 13.6. The molecule has 4 nitrogen and oxygen atoms in total. The summed E-state index contributed by atoms with van der Waals surface area (Å²) in [5.74, 6) is 0.865. The van der Waals surface area contributed by atoms with E-state index in [0.717, 1.165) is 21.5 Å². The molecule has 1 heterocycles. The minimum absolute atomic E-state index is 0.0844. The lowest BCUT2D eigenvalue weighted by atomic mass is 10.2. The maximum Gasteiger partial charge on any atom is 0.234 e. The number of methoxy groups -OCH3 is 1. The summed E-state index contributed by atoms with van der Waals surface area (Å²) in [5.41, 5.74) is 2.69. The highest BCUT2D eigenvalue weighted by Gasteiger charge is 2.09. The Morgan fingerprint density at radius 1 is 1.17 bits per heavy atom. The van der Waals surface area contributed by atoms with Gasteiger partial charge in [-0.2, -0.15) is 0 Å². The number of ether oxygens (including phenoxy) is 1. The van der Waals surface area contributed by atoms with Crippen LogP contribution in [-0.2, 0) is 4.79 Å². The molecule has 0 unspecified atom stereocenters. The third kappa shape index (κ3) is 3.86. The highest BCUT2D eigenvalue weighted by atomic mass is 32.2.